The highest BCUT2D eigenvalue weighted by Gasteiger charge is 2.27. The molecule has 1 aromatic heterocycles. The number of benzene rings is 2. The molecule has 1 unspecified atom stereocenters. The molecule has 1 aliphatic heterocycles. The van der Waals surface area contributed by atoms with E-state index in [1.54, 1.807) is 0 Å². The van der Waals surface area contributed by atoms with Gasteiger partial charge in [0, 0.05) is 12.2 Å². The van der Waals surface area contributed by atoms with Crippen LogP contribution in [-0.2, 0) is 16.2 Å². The van der Waals surface area contributed by atoms with Crippen LogP contribution in [0.4, 0.5) is 0 Å². The van der Waals surface area contributed by atoms with E-state index in [1.807, 2.05) is 19.1 Å². The smallest absolute Gasteiger partial charge is 0.310 e. The molecule has 0 amide bonds. The van der Waals surface area contributed by atoms with Crippen molar-refractivity contribution in [3.8, 4) is 5.69 Å². The van der Waals surface area contributed by atoms with E-state index in [-0.39, 0.29) is 11.9 Å². The first-order chi connectivity index (χ1) is 14.1. The van der Waals surface area contributed by atoms with Crippen LogP contribution in [-0.4, -0.2) is 39.7 Å². The van der Waals surface area contributed by atoms with Gasteiger partial charge in [-0.25, -0.2) is 0 Å². The van der Waals surface area contributed by atoms with Crippen molar-refractivity contribution < 1.29 is 9.53 Å². The number of para-hydroxylation sites is 2. The van der Waals surface area contributed by atoms with Gasteiger partial charge >= 0.3 is 5.97 Å². The van der Waals surface area contributed by atoms with E-state index in [1.165, 1.54) is 5.56 Å². The summed E-state index contributed by atoms with van der Waals surface area (Å²) in [6.07, 6.45) is 1.89. The topological polar surface area (TPSA) is 39.4 Å². The van der Waals surface area contributed by atoms with Crippen LogP contribution in [0.2, 0.25) is 0 Å². The van der Waals surface area contributed by atoms with Gasteiger partial charge in [-0.1, -0.05) is 29.8 Å². The normalized spacial score (nSPS) is 17.5. The SMILES string of the molecule is CCOC(=O)C1CCCN(Cn2c(=S)n(-c3ccc(C)cc3)c3ccccc32)C1. The summed E-state index contributed by atoms with van der Waals surface area (Å²) in [6, 6.07) is 16.8. The van der Waals surface area contributed by atoms with Gasteiger partial charge in [0.2, 0.25) is 0 Å². The first-order valence-corrected chi connectivity index (χ1v) is 10.7. The second kappa shape index (κ2) is 8.51. The molecule has 1 fully saturated rings. The molecule has 0 saturated carbocycles. The zero-order chi connectivity index (χ0) is 20.4. The molecule has 4 rings (SSSR count). The molecule has 1 atom stereocenters. The predicted octanol–water partition coefficient (Wildman–Crippen LogP) is 4.70. The van der Waals surface area contributed by atoms with Crippen molar-refractivity contribution in [2.24, 2.45) is 5.92 Å². The van der Waals surface area contributed by atoms with Gasteiger partial charge in [0.25, 0.3) is 0 Å². The lowest BCUT2D eigenvalue weighted by Gasteiger charge is -2.31. The molecule has 2 heterocycles. The summed E-state index contributed by atoms with van der Waals surface area (Å²) in [6.45, 7) is 6.73. The van der Waals surface area contributed by atoms with Crippen LogP contribution in [0.25, 0.3) is 16.7 Å². The molecule has 0 N–H and O–H groups in total. The zero-order valence-corrected chi connectivity index (χ0v) is 17.8. The van der Waals surface area contributed by atoms with E-state index in [0.717, 1.165) is 40.9 Å². The number of imidazole rings is 1. The van der Waals surface area contributed by atoms with Crippen LogP contribution in [0.1, 0.15) is 25.3 Å². The molecule has 3 aromatic rings. The largest absolute Gasteiger partial charge is 0.466 e. The molecule has 5 nitrogen and oxygen atoms in total. The van der Waals surface area contributed by atoms with E-state index in [9.17, 15) is 4.79 Å². The van der Waals surface area contributed by atoms with Crippen LogP contribution >= 0.6 is 12.2 Å². The summed E-state index contributed by atoms with van der Waals surface area (Å²) >= 11 is 5.91. The van der Waals surface area contributed by atoms with Gasteiger partial charge in [0.05, 0.1) is 30.2 Å². The number of hydrogen-bond acceptors (Lipinski definition) is 4. The lowest BCUT2D eigenvalue weighted by molar-refractivity contribution is -0.150. The molecule has 1 aliphatic rings. The number of carbonyl (C=O) groups is 1. The maximum absolute atomic E-state index is 12.2. The number of esters is 1. The minimum absolute atomic E-state index is 0.0525. The highest BCUT2D eigenvalue weighted by Crippen LogP contribution is 2.25. The third kappa shape index (κ3) is 4.00. The van der Waals surface area contributed by atoms with Crippen LogP contribution in [0, 0.1) is 17.6 Å². The lowest BCUT2D eigenvalue weighted by atomic mass is 9.98. The summed E-state index contributed by atoms with van der Waals surface area (Å²) in [5.41, 5.74) is 4.50. The lowest BCUT2D eigenvalue weighted by Crippen LogP contribution is -2.40. The Kier molecular flexibility index (Phi) is 5.83. The van der Waals surface area contributed by atoms with E-state index >= 15 is 0 Å². The predicted molar refractivity (Wildman–Crippen MR) is 118 cm³/mol. The van der Waals surface area contributed by atoms with Gasteiger partial charge in [-0.15, -0.1) is 0 Å². The number of rotatable bonds is 5. The van der Waals surface area contributed by atoms with Crippen molar-refractivity contribution >= 4 is 29.2 Å². The van der Waals surface area contributed by atoms with Gasteiger partial charge in [0.1, 0.15) is 0 Å². The molecule has 6 heteroatoms. The van der Waals surface area contributed by atoms with Crippen molar-refractivity contribution in [3.63, 3.8) is 0 Å². The second-order valence-corrected chi connectivity index (χ2v) is 8.05. The minimum Gasteiger partial charge on any atom is -0.466 e. The Hall–Kier alpha value is -2.44. The molecule has 152 valence electrons. The van der Waals surface area contributed by atoms with Crippen molar-refractivity contribution in [2.75, 3.05) is 19.7 Å². The fraction of sp³-hybridized carbons (Fsp3) is 0.391. The van der Waals surface area contributed by atoms with Gasteiger partial charge in [0.15, 0.2) is 4.77 Å². The molecule has 2 aromatic carbocycles. The first kappa shape index (κ1) is 19.9. The number of aryl methyl sites for hydroxylation is 1. The van der Waals surface area contributed by atoms with Crippen LogP contribution < -0.4 is 0 Å². The van der Waals surface area contributed by atoms with E-state index in [4.69, 9.17) is 17.0 Å². The molecule has 0 aliphatic carbocycles. The Bertz CT molecular complexity index is 1070. The maximum Gasteiger partial charge on any atom is 0.310 e. The molecular formula is C23H27N3O2S. The van der Waals surface area contributed by atoms with Crippen molar-refractivity contribution in [2.45, 2.75) is 33.4 Å². The Morgan fingerprint density at radius 1 is 1.14 bits per heavy atom. The third-order valence-electron chi connectivity index (χ3n) is 5.59. The Labute approximate surface area is 176 Å². The second-order valence-electron chi connectivity index (χ2n) is 7.68. The summed E-state index contributed by atoms with van der Waals surface area (Å²) in [7, 11) is 0. The van der Waals surface area contributed by atoms with E-state index in [0.29, 0.717) is 19.8 Å². The van der Waals surface area contributed by atoms with Crippen molar-refractivity contribution in [1.29, 1.82) is 0 Å². The first-order valence-electron chi connectivity index (χ1n) is 10.2. The van der Waals surface area contributed by atoms with Gasteiger partial charge < -0.3 is 9.30 Å². The highest BCUT2D eigenvalue weighted by atomic mass is 32.1. The standard InChI is InChI=1S/C23H27N3O2S/c1-3-28-22(27)18-7-6-14-24(15-18)16-25-20-8-4-5-9-21(20)26(23(25)29)19-12-10-17(2)11-13-19/h4-5,8-13,18H,3,6-7,14-16H2,1-2H3. The number of piperidine rings is 1. The number of carbonyl (C=O) groups excluding carboxylic acids is 1. The number of likely N-dealkylation sites (tertiary alicyclic amines) is 1. The van der Waals surface area contributed by atoms with Crippen molar-refractivity contribution in [1.82, 2.24) is 14.0 Å². The Morgan fingerprint density at radius 2 is 1.86 bits per heavy atom. The molecule has 1 saturated heterocycles. The molecule has 0 bridgehead atoms. The average molecular weight is 410 g/mol. The van der Waals surface area contributed by atoms with Crippen LogP contribution in [0.5, 0.6) is 0 Å². The fourth-order valence-corrected chi connectivity index (χ4v) is 4.48. The average Bonchev–Trinajstić information content (AvgIpc) is 3.01. The van der Waals surface area contributed by atoms with Gasteiger partial charge in [-0.2, -0.15) is 0 Å². The summed E-state index contributed by atoms with van der Waals surface area (Å²) in [4.78, 5) is 14.5. The van der Waals surface area contributed by atoms with Crippen LogP contribution in [0.3, 0.4) is 0 Å². The number of ether oxygens (including phenoxy) is 1. The monoisotopic (exact) mass is 409 g/mol. The zero-order valence-electron chi connectivity index (χ0n) is 17.0. The number of nitrogens with zero attached hydrogens (tertiary/aromatic N) is 3. The fourth-order valence-electron chi connectivity index (χ4n) is 4.12. The number of aromatic nitrogens is 2. The Morgan fingerprint density at radius 3 is 2.59 bits per heavy atom. The summed E-state index contributed by atoms with van der Waals surface area (Å²) < 4.78 is 10.3. The van der Waals surface area contributed by atoms with E-state index in [2.05, 4.69) is 57.4 Å². The third-order valence-corrected chi connectivity index (χ3v) is 6.00. The Balaban J connectivity index is 1.68. The van der Waals surface area contributed by atoms with Crippen LogP contribution in [0.15, 0.2) is 48.5 Å². The van der Waals surface area contributed by atoms with Gasteiger partial charge in [-0.05, 0) is 69.7 Å². The van der Waals surface area contributed by atoms with E-state index < -0.39 is 0 Å². The highest BCUT2D eigenvalue weighted by molar-refractivity contribution is 7.71. The maximum atomic E-state index is 12.2. The summed E-state index contributed by atoms with van der Waals surface area (Å²) in [5.74, 6) is -0.133. The molecule has 0 radical (unpaired) electrons. The molecular weight excluding hydrogens is 382 g/mol. The number of hydrogen-bond donors (Lipinski definition) is 0. The minimum atomic E-state index is -0.0807. The molecule has 0 spiro atoms. The molecule has 29 heavy (non-hydrogen) atoms. The van der Waals surface area contributed by atoms with Gasteiger partial charge in [-0.3, -0.25) is 14.3 Å². The van der Waals surface area contributed by atoms with Crippen molar-refractivity contribution in [3.05, 3.63) is 58.9 Å². The number of fused-ring (bicyclic) bond motifs is 1. The quantitative estimate of drug-likeness (QED) is 0.452. The summed E-state index contributed by atoms with van der Waals surface area (Å²) in [5, 5.41) is 0.